The number of aliphatic hydroxyl groups excluding tert-OH is 1. The van der Waals surface area contributed by atoms with Gasteiger partial charge in [0.25, 0.3) is 0 Å². The summed E-state index contributed by atoms with van der Waals surface area (Å²) in [6.45, 7) is 1.45. The molecule has 0 saturated carbocycles. The van der Waals surface area contributed by atoms with Gasteiger partial charge >= 0.3 is 12.3 Å². The minimum atomic E-state index is -5.07. The average molecular weight is 292 g/mol. The molecule has 110 valence electrons. The number of ether oxygens (including phenoxy) is 1. The van der Waals surface area contributed by atoms with Crippen LogP contribution in [0.2, 0.25) is 0 Å². The maximum Gasteiger partial charge on any atom is 0.573 e. The smallest absolute Gasteiger partial charge is 0.479 e. The third kappa shape index (κ3) is 3.70. The van der Waals surface area contributed by atoms with E-state index < -0.39 is 35.5 Å². The number of rotatable bonds is 5. The summed E-state index contributed by atoms with van der Waals surface area (Å²) in [5, 5.41) is 18.2. The predicted octanol–water partition coefficient (Wildman–Crippen LogP) is 2.30. The number of aliphatic hydroxyl groups is 1. The van der Waals surface area contributed by atoms with Crippen LogP contribution in [0.1, 0.15) is 35.4 Å². The maximum absolute atomic E-state index is 12.3. The van der Waals surface area contributed by atoms with Gasteiger partial charge in [-0.2, -0.15) is 0 Å². The van der Waals surface area contributed by atoms with E-state index >= 15 is 0 Å². The number of halogens is 3. The molecule has 0 heterocycles. The van der Waals surface area contributed by atoms with Gasteiger partial charge in [0.05, 0.1) is 0 Å². The van der Waals surface area contributed by atoms with Crippen LogP contribution in [0.25, 0.3) is 0 Å². The lowest BCUT2D eigenvalue weighted by molar-refractivity contribution is -0.275. The number of benzene rings is 1. The Kier molecular flexibility index (Phi) is 4.72. The summed E-state index contributed by atoms with van der Waals surface area (Å²) in [6, 6.07) is 3.08. The molecule has 8 heteroatoms. The number of carboxylic acid groups (broad SMARTS) is 1. The number of carbonyl (C=O) groups is 2. The molecule has 1 rings (SSSR count). The van der Waals surface area contributed by atoms with Crippen LogP contribution in [-0.2, 0) is 4.79 Å². The lowest BCUT2D eigenvalue weighted by atomic mass is 9.97. The van der Waals surface area contributed by atoms with Crippen molar-refractivity contribution in [3.05, 3.63) is 29.3 Å². The van der Waals surface area contributed by atoms with Gasteiger partial charge in [-0.05, 0) is 6.07 Å². The lowest BCUT2D eigenvalue weighted by Crippen LogP contribution is -2.22. The molecule has 0 saturated heterocycles. The first-order valence-electron chi connectivity index (χ1n) is 5.50. The number of ketones is 1. The Morgan fingerprint density at radius 1 is 1.35 bits per heavy atom. The van der Waals surface area contributed by atoms with Crippen molar-refractivity contribution in [2.24, 2.45) is 0 Å². The van der Waals surface area contributed by atoms with Crippen molar-refractivity contribution in [1.29, 1.82) is 0 Å². The Morgan fingerprint density at radius 2 is 1.95 bits per heavy atom. The molecule has 20 heavy (non-hydrogen) atoms. The molecule has 1 aromatic carbocycles. The molecular weight excluding hydrogens is 281 g/mol. The summed E-state index contributed by atoms with van der Waals surface area (Å²) < 4.78 is 40.5. The van der Waals surface area contributed by atoms with Gasteiger partial charge in [-0.15, -0.1) is 13.2 Å². The minimum absolute atomic E-state index is 0.0607. The van der Waals surface area contributed by atoms with Gasteiger partial charge in [-0.25, -0.2) is 4.79 Å². The van der Waals surface area contributed by atoms with Gasteiger partial charge in [0, 0.05) is 17.5 Å². The minimum Gasteiger partial charge on any atom is -0.479 e. The molecule has 0 spiro atoms. The first kappa shape index (κ1) is 16.0. The third-order valence-corrected chi connectivity index (χ3v) is 2.42. The van der Waals surface area contributed by atoms with Crippen molar-refractivity contribution >= 4 is 11.8 Å². The van der Waals surface area contributed by atoms with Gasteiger partial charge in [-0.3, -0.25) is 4.79 Å². The number of Topliss-reactive ketones (excluding diaryl/α,β-unsaturated/α-hetero) is 1. The number of hydrogen-bond donors (Lipinski definition) is 2. The largest absolute Gasteiger partial charge is 0.573 e. The van der Waals surface area contributed by atoms with Gasteiger partial charge in [0.1, 0.15) is 5.75 Å². The van der Waals surface area contributed by atoms with E-state index in [-0.39, 0.29) is 12.0 Å². The van der Waals surface area contributed by atoms with Crippen molar-refractivity contribution in [2.45, 2.75) is 25.8 Å². The van der Waals surface area contributed by atoms with E-state index in [9.17, 15) is 27.9 Å². The monoisotopic (exact) mass is 292 g/mol. The quantitative estimate of drug-likeness (QED) is 0.813. The van der Waals surface area contributed by atoms with Crippen LogP contribution in [0.15, 0.2) is 18.2 Å². The van der Waals surface area contributed by atoms with Crippen molar-refractivity contribution in [3.8, 4) is 5.75 Å². The number of hydrogen-bond acceptors (Lipinski definition) is 4. The Hall–Kier alpha value is -2.09. The van der Waals surface area contributed by atoms with Gasteiger partial charge in [-0.1, -0.05) is 19.1 Å². The number of carboxylic acids is 1. The zero-order valence-corrected chi connectivity index (χ0v) is 10.3. The number of carbonyl (C=O) groups excluding carboxylic acids is 1. The summed E-state index contributed by atoms with van der Waals surface area (Å²) in [5.41, 5.74) is -1.02. The molecule has 0 amide bonds. The molecule has 0 fully saturated rings. The molecule has 0 aliphatic heterocycles. The van der Waals surface area contributed by atoms with E-state index in [1.807, 2.05) is 0 Å². The van der Waals surface area contributed by atoms with Crippen LogP contribution in [-0.4, -0.2) is 28.3 Å². The Morgan fingerprint density at radius 3 is 2.40 bits per heavy atom. The van der Waals surface area contributed by atoms with E-state index in [0.29, 0.717) is 0 Å². The van der Waals surface area contributed by atoms with E-state index in [2.05, 4.69) is 4.74 Å². The maximum atomic E-state index is 12.3. The summed E-state index contributed by atoms with van der Waals surface area (Å²) in [7, 11) is 0. The van der Waals surface area contributed by atoms with Crippen LogP contribution in [0.5, 0.6) is 5.75 Å². The second kappa shape index (κ2) is 5.91. The Balaban J connectivity index is 3.44. The zero-order chi connectivity index (χ0) is 15.5. The van der Waals surface area contributed by atoms with Crippen molar-refractivity contribution < 1.29 is 37.7 Å². The fourth-order valence-electron chi connectivity index (χ4n) is 1.60. The van der Waals surface area contributed by atoms with Crippen molar-refractivity contribution in [3.63, 3.8) is 0 Å². The van der Waals surface area contributed by atoms with Crippen LogP contribution < -0.4 is 4.74 Å². The highest BCUT2D eigenvalue weighted by atomic mass is 19.4. The van der Waals surface area contributed by atoms with E-state index in [1.165, 1.54) is 6.92 Å². The summed E-state index contributed by atoms with van der Waals surface area (Å²) in [5.74, 6) is -3.30. The highest BCUT2D eigenvalue weighted by Gasteiger charge is 2.35. The van der Waals surface area contributed by atoms with Crippen LogP contribution in [0.4, 0.5) is 13.2 Å². The number of aliphatic carboxylic acids is 1. The lowest BCUT2D eigenvalue weighted by Gasteiger charge is -2.17. The summed E-state index contributed by atoms with van der Waals surface area (Å²) in [6.07, 6.45) is -7.42. The Labute approximate surface area is 111 Å². The first-order chi connectivity index (χ1) is 9.17. The molecule has 0 radical (unpaired) electrons. The molecule has 0 aliphatic carbocycles. The second-order valence-electron chi connectivity index (χ2n) is 3.78. The number of alkyl halides is 3. The highest BCUT2D eigenvalue weighted by molar-refractivity contribution is 5.99. The molecule has 1 aromatic rings. The zero-order valence-electron chi connectivity index (χ0n) is 10.3. The standard InChI is InChI=1S/C12H11F3O5/c1-2-7(16)6-4-3-5-8(20-12(13,14)15)9(6)10(17)11(18)19/h3-5,10,17H,2H2,1H3,(H,18,19). The third-order valence-electron chi connectivity index (χ3n) is 2.42. The van der Waals surface area contributed by atoms with Gasteiger partial charge in [0.15, 0.2) is 11.9 Å². The molecule has 1 atom stereocenters. The fraction of sp³-hybridized carbons (Fsp3) is 0.333. The topological polar surface area (TPSA) is 83.8 Å². The average Bonchev–Trinajstić information content (AvgIpc) is 2.34. The second-order valence-corrected chi connectivity index (χ2v) is 3.78. The predicted molar refractivity (Wildman–Crippen MR) is 60.3 cm³/mol. The fourth-order valence-corrected chi connectivity index (χ4v) is 1.60. The van der Waals surface area contributed by atoms with Gasteiger partial charge in [0.2, 0.25) is 0 Å². The normalized spacial score (nSPS) is 12.8. The van der Waals surface area contributed by atoms with E-state index in [4.69, 9.17) is 5.11 Å². The SMILES string of the molecule is CCC(=O)c1cccc(OC(F)(F)F)c1C(O)C(=O)O. The summed E-state index contributed by atoms with van der Waals surface area (Å²) >= 11 is 0. The summed E-state index contributed by atoms with van der Waals surface area (Å²) in [4.78, 5) is 22.4. The molecule has 5 nitrogen and oxygen atoms in total. The van der Waals surface area contributed by atoms with Crippen molar-refractivity contribution in [2.75, 3.05) is 0 Å². The molecule has 0 bridgehead atoms. The van der Waals surface area contributed by atoms with Crippen LogP contribution in [0, 0.1) is 0 Å². The van der Waals surface area contributed by atoms with Crippen molar-refractivity contribution in [1.82, 2.24) is 0 Å². The van der Waals surface area contributed by atoms with Crippen LogP contribution >= 0.6 is 0 Å². The Bertz CT molecular complexity index is 524. The van der Waals surface area contributed by atoms with E-state index in [0.717, 1.165) is 18.2 Å². The van der Waals surface area contributed by atoms with Gasteiger partial charge < -0.3 is 14.9 Å². The molecule has 0 aliphatic rings. The highest BCUT2D eigenvalue weighted by Crippen LogP contribution is 2.33. The molecule has 0 aromatic heterocycles. The van der Waals surface area contributed by atoms with Crippen LogP contribution in [0.3, 0.4) is 0 Å². The first-order valence-corrected chi connectivity index (χ1v) is 5.50. The van der Waals surface area contributed by atoms with E-state index in [1.54, 1.807) is 0 Å². The molecule has 2 N–H and O–H groups in total. The molecular formula is C12H11F3O5. The molecule has 1 unspecified atom stereocenters.